The molecule has 3 aromatic rings. The van der Waals surface area contributed by atoms with Crippen LogP contribution in [0.1, 0.15) is 58.3 Å². The van der Waals surface area contributed by atoms with Gasteiger partial charge in [0.1, 0.15) is 0 Å². The van der Waals surface area contributed by atoms with Crippen LogP contribution < -0.4 is 5.30 Å². The van der Waals surface area contributed by atoms with E-state index in [0.29, 0.717) is 0 Å². The zero-order valence-corrected chi connectivity index (χ0v) is 20.5. The van der Waals surface area contributed by atoms with Crippen LogP contribution in [0.4, 0.5) is 0 Å². The van der Waals surface area contributed by atoms with Crippen LogP contribution in [0.3, 0.4) is 0 Å². The summed E-state index contributed by atoms with van der Waals surface area (Å²) in [6.45, 7) is 7.12. The van der Waals surface area contributed by atoms with Crippen molar-refractivity contribution in [2.75, 3.05) is 0 Å². The van der Waals surface area contributed by atoms with Gasteiger partial charge in [0.15, 0.2) is 0 Å². The molecule has 2 atom stereocenters. The zero-order valence-electron chi connectivity index (χ0n) is 18.8. The number of hydrogen-bond acceptors (Lipinski definition) is 1. The number of allylic oxidation sites excluding steroid dienone is 4. The highest BCUT2D eigenvalue weighted by Crippen LogP contribution is 2.85. The van der Waals surface area contributed by atoms with E-state index in [4.69, 9.17) is 12.2 Å². The van der Waals surface area contributed by atoms with Crippen LogP contribution in [-0.2, 0) is 23.1 Å². The third-order valence-corrected chi connectivity index (χ3v) is 13.0. The number of aromatic nitrogens is 2. The van der Waals surface area contributed by atoms with Gasteiger partial charge in [-0.1, -0.05) is 18.2 Å². The van der Waals surface area contributed by atoms with E-state index >= 15 is 0 Å². The summed E-state index contributed by atoms with van der Waals surface area (Å²) < 4.78 is 0. The van der Waals surface area contributed by atoms with E-state index in [2.05, 4.69) is 98.5 Å². The molecule has 31 heavy (non-hydrogen) atoms. The van der Waals surface area contributed by atoms with E-state index in [1.807, 2.05) is 6.20 Å². The van der Waals surface area contributed by atoms with E-state index < -0.39 is 6.46 Å². The maximum absolute atomic E-state index is 6.94. The minimum atomic E-state index is -2.19. The molecule has 0 amide bonds. The average molecular weight is 447 g/mol. The fraction of sp³-hybridized carbons (Fsp3) is 0.333. The predicted octanol–water partition coefficient (Wildman–Crippen LogP) is 7.11. The Balaban J connectivity index is 1.92. The largest absolute Gasteiger partial charge is 0.541 e. The molecule has 0 bridgehead atoms. The van der Waals surface area contributed by atoms with Gasteiger partial charge in [0, 0.05) is 23.8 Å². The molecule has 4 heteroatoms. The Morgan fingerprint density at radius 2 is 1.68 bits per heavy atom. The summed E-state index contributed by atoms with van der Waals surface area (Å²) in [5.74, 6) is 0. The summed E-state index contributed by atoms with van der Waals surface area (Å²) in [5.41, 5.74) is 5.29. The first-order valence-electron chi connectivity index (χ1n) is 11.2. The summed E-state index contributed by atoms with van der Waals surface area (Å²) in [4.78, 5) is 7.15. The highest BCUT2D eigenvalue weighted by molar-refractivity contribution is 8.49. The number of nitrogens with one attached hydrogen (secondary N) is 2. The molecule has 1 aliphatic carbocycles. The normalized spacial score (nSPS) is 25.9. The number of hydrogen-bond donors (Lipinski definition) is 2. The molecule has 1 saturated carbocycles. The molecule has 0 radical (unpaired) electrons. The van der Waals surface area contributed by atoms with Gasteiger partial charge in [0.2, 0.25) is 0 Å². The van der Waals surface area contributed by atoms with Gasteiger partial charge in [-0.2, -0.15) is 0 Å². The van der Waals surface area contributed by atoms with Gasteiger partial charge >= 0.3 is 0 Å². The standard InChI is InChI=1S/C27H31N2PS/c1-19(2)24-27(23-15-10-18-29-23)16-8-13-21(27)25(26(3,4)22-14-9-17-28-22)30(24,31)20-11-6-5-7-12-20/h5-7,9-12,14-15,17-18,28-29H,8,13,16H2,1-4H3/t27-,30?/m0/s1. The maximum Gasteiger partial charge on any atom is 0.0911 e. The van der Waals surface area contributed by atoms with Crippen LogP contribution in [0, 0.1) is 0 Å². The Hall–Kier alpha value is -1.96. The van der Waals surface area contributed by atoms with E-state index in [-0.39, 0.29) is 10.8 Å². The van der Waals surface area contributed by atoms with Crippen molar-refractivity contribution in [1.29, 1.82) is 0 Å². The highest BCUT2D eigenvalue weighted by Gasteiger charge is 2.64. The van der Waals surface area contributed by atoms with E-state index in [1.54, 1.807) is 5.57 Å². The molecular weight excluding hydrogens is 415 g/mol. The molecule has 3 heterocycles. The Morgan fingerprint density at radius 1 is 0.968 bits per heavy atom. The fourth-order valence-corrected chi connectivity index (χ4v) is 13.2. The highest BCUT2D eigenvalue weighted by atomic mass is 32.7. The number of rotatable bonds is 4. The molecule has 0 spiro atoms. The van der Waals surface area contributed by atoms with Crippen molar-refractivity contribution in [1.82, 2.24) is 9.97 Å². The first kappa shape index (κ1) is 20.9. The van der Waals surface area contributed by atoms with Gasteiger partial charge in [0.05, 0.1) is 26.8 Å². The topological polar surface area (TPSA) is 31.6 Å². The molecule has 2 aliphatic rings. The van der Waals surface area contributed by atoms with Gasteiger partial charge in [-0.15, -0.1) is 0 Å². The lowest BCUT2D eigenvalue weighted by atomic mass is 9.74. The summed E-state index contributed by atoms with van der Waals surface area (Å²) in [6.07, 6.45) is 7.58. The van der Waals surface area contributed by atoms with Crippen molar-refractivity contribution in [2.24, 2.45) is 0 Å². The Kier molecular flexibility index (Phi) is 4.92. The molecule has 160 valence electrons. The Morgan fingerprint density at radius 3 is 2.29 bits per heavy atom. The van der Waals surface area contributed by atoms with Crippen molar-refractivity contribution in [3.05, 3.63) is 100 Å². The third kappa shape index (κ3) is 2.76. The summed E-state index contributed by atoms with van der Waals surface area (Å²) in [6, 6.07) is 19.7. The van der Waals surface area contributed by atoms with Crippen LogP contribution in [0.5, 0.6) is 0 Å². The fourth-order valence-electron chi connectivity index (χ4n) is 6.32. The van der Waals surface area contributed by atoms with Crippen molar-refractivity contribution < 1.29 is 0 Å². The SMILES string of the molecule is CC(C)=C1[C@@]2(c3ccc[nH]3)CCCC2=C(C(C)(C)c2ccc[nH]2)[P+]1([S-])c1ccccc1. The number of H-pyrrole nitrogens is 2. The molecule has 1 fully saturated rings. The van der Waals surface area contributed by atoms with Crippen molar-refractivity contribution in [3.8, 4) is 0 Å². The average Bonchev–Trinajstić information content (AvgIpc) is 3.51. The third-order valence-electron chi connectivity index (χ3n) is 7.33. The van der Waals surface area contributed by atoms with Gasteiger partial charge < -0.3 is 22.2 Å². The lowest BCUT2D eigenvalue weighted by Gasteiger charge is -2.42. The lowest BCUT2D eigenvalue weighted by molar-refractivity contribution is 0.592. The quantitative estimate of drug-likeness (QED) is 0.325. The van der Waals surface area contributed by atoms with E-state index in [9.17, 15) is 0 Å². The minimum absolute atomic E-state index is 0.0904. The van der Waals surface area contributed by atoms with E-state index in [1.165, 1.54) is 39.3 Å². The van der Waals surface area contributed by atoms with Gasteiger partial charge in [-0.25, -0.2) is 0 Å². The molecule has 2 N–H and O–H groups in total. The lowest BCUT2D eigenvalue weighted by Crippen LogP contribution is -2.27. The molecule has 1 aliphatic heterocycles. The number of fused-ring (bicyclic) bond motifs is 1. The monoisotopic (exact) mass is 446 g/mol. The second kappa shape index (κ2) is 7.29. The first-order chi connectivity index (χ1) is 14.8. The van der Waals surface area contributed by atoms with Crippen molar-refractivity contribution >= 4 is 24.0 Å². The molecule has 1 unspecified atom stereocenters. The minimum Gasteiger partial charge on any atom is -0.541 e. The number of aromatic amines is 2. The van der Waals surface area contributed by atoms with Gasteiger partial charge in [-0.05, 0) is 101 Å². The van der Waals surface area contributed by atoms with Gasteiger partial charge in [-0.3, -0.25) is 0 Å². The molecule has 2 nitrogen and oxygen atoms in total. The van der Waals surface area contributed by atoms with Crippen LogP contribution >= 0.6 is 6.46 Å². The summed E-state index contributed by atoms with van der Waals surface area (Å²) in [5, 5.41) is 4.33. The van der Waals surface area contributed by atoms with Crippen LogP contribution in [0.25, 0.3) is 0 Å². The van der Waals surface area contributed by atoms with Crippen molar-refractivity contribution in [3.63, 3.8) is 0 Å². The van der Waals surface area contributed by atoms with Gasteiger partial charge in [0.25, 0.3) is 0 Å². The molecule has 1 aromatic carbocycles. The Labute approximate surface area is 191 Å². The maximum atomic E-state index is 6.94. The summed E-state index contributed by atoms with van der Waals surface area (Å²) >= 11 is 6.94. The predicted molar refractivity (Wildman–Crippen MR) is 136 cm³/mol. The molecule has 5 rings (SSSR count). The molecule has 0 saturated heterocycles. The van der Waals surface area contributed by atoms with Crippen LogP contribution in [0.2, 0.25) is 0 Å². The summed E-state index contributed by atoms with van der Waals surface area (Å²) in [7, 11) is 0. The van der Waals surface area contributed by atoms with Crippen molar-refractivity contribution in [2.45, 2.75) is 57.8 Å². The first-order valence-corrected chi connectivity index (χ1v) is 14.0. The second-order valence-corrected chi connectivity index (χ2v) is 13.9. The zero-order chi connectivity index (χ0) is 21.9. The second-order valence-electron chi connectivity index (χ2n) is 9.67. The number of benzene rings is 1. The van der Waals surface area contributed by atoms with Crippen LogP contribution in [-0.4, -0.2) is 9.97 Å². The smallest absolute Gasteiger partial charge is 0.0911 e. The van der Waals surface area contributed by atoms with Crippen LogP contribution in [0.15, 0.2) is 88.8 Å². The van der Waals surface area contributed by atoms with E-state index in [0.717, 1.165) is 12.8 Å². The Bertz CT molecular complexity index is 1150. The molecular formula is C27H31N2PS. The molecule has 2 aromatic heterocycles.